The Labute approximate surface area is 106 Å². The summed E-state index contributed by atoms with van der Waals surface area (Å²) in [5.41, 5.74) is 0.169. The van der Waals surface area contributed by atoms with E-state index in [1.807, 2.05) is 0 Å². The van der Waals surface area contributed by atoms with Crippen molar-refractivity contribution in [3.8, 4) is 0 Å². The molecule has 15 heavy (non-hydrogen) atoms. The fraction of sp³-hybridized carbons (Fsp3) is 0.250. The van der Waals surface area contributed by atoms with Crippen molar-refractivity contribution in [2.45, 2.75) is 9.17 Å². The first kappa shape index (κ1) is 12.8. The SMILES string of the molecule is O=[N+]([O-])c1cccc(C(Cl)(Cl)C(Cl)Cl)c1. The van der Waals surface area contributed by atoms with Crippen LogP contribution in [0.3, 0.4) is 0 Å². The van der Waals surface area contributed by atoms with Crippen LogP contribution in [0.1, 0.15) is 5.56 Å². The molecule has 0 fully saturated rings. The Morgan fingerprint density at radius 3 is 2.40 bits per heavy atom. The summed E-state index contributed by atoms with van der Waals surface area (Å²) < 4.78 is -1.56. The average molecular weight is 289 g/mol. The maximum Gasteiger partial charge on any atom is 0.269 e. The number of halogens is 4. The Morgan fingerprint density at radius 2 is 1.93 bits per heavy atom. The van der Waals surface area contributed by atoms with Gasteiger partial charge in [-0.25, -0.2) is 0 Å². The number of non-ortho nitro benzene ring substituents is 1. The summed E-state index contributed by atoms with van der Waals surface area (Å²) in [6, 6.07) is 5.54. The van der Waals surface area contributed by atoms with E-state index in [9.17, 15) is 10.1 Å². The van der Waals surface area contributed by atoms with Crippen molar-refractivity contribution in [1.29, 1.82) is 0 Å². The summed E-state index contributed by atoms with van der Waals surface area (Å²) in [7, 11) is 0. The van der Waals surface area contributed by atoms with Crippen LogP contribution >= 0.6 is 46.4 Å². The lowest BCUT2D eigenvalue weighted by atomic mass is 10.1. The molecule has 0 aliphatic heterocycles. The smallest absolute Gasteiger partial charge is 0.258 e. The highest BCUT2D eigenvalue weighted by Crippen LogP contribution is 2.42. The fourth-order valence-corrected chi connectivity index (χ4v) is 1.44. The number of nitrogens with zero attached hydrogens (tertiary/aromatic N) is 1. The van der Waals surface area contributed by atoms with Crippen molar-refractivity contribution >= 4 is 52.1 Å². The molecular weight excluding hydrogens is 284 g/mol. The van der Waals surface area contributed by atoms with Crippen molar-refractivity contribution in [1.82, 2.24) is 0 Å². The predicted octanol–water partition coefficient (Wildman–Crippen LogP) is 4.03. The van der Waals surface area contributed by atoms with Crippen molar-refractivity contribution in [2.75, 3.05) is 0 Å². The zero-order valence-corrected chi connectivity index (χ0v) is 10.2. The molecule has 0 aliphatic carbocycles. The molecule has 0 saturated heterocycles. The predicted molar refractivity (Wildman–Crippen MR) is 62.0 cm³/mol. The van der Waals surface area contributed by atoms with E-state index < -0.39 is 14.1 Å². The van der Waals surface area contributed by atoms with Crippen LogP contribution in [0, 0.1) is 10.1 Å². The summed E-state index contributed by atoms with van der Waals surface area (Å²) in [5, 5.41) is 10.5. The summed E-state index contributed by atoms with van der Waals surface area (Å²) in [6.07, 6.45) is 0. The molecule has 0 saturated carbocycles. The van der Waals surface area contributed by atoms with Crippen molar-refractivity contribution in [2.24, 2.45) is 0 Å². The first-order valence-electron chi connectivity index (χ1n) is 3.76. The quantitative estimate of drug-likeness (QED) is 0.479. The summed E-state index contributed by atoms with van der Waals surface area (Å²) in [6.45, 7) is 0. The Hall–Kier alpha value is -0.220. The van der Waals surface area contributed by atoms with Crippen LogP contribution in [-0.2, 0) is 4.33 Å². The molecule has 1 aromatic carbocycles. The average Bonchev–Trinajstić information content (AvgIpc) is 2.17. The van der Waals surface area contributed by atoms with E-state index in [1.54, 1.807) is 0 Å². The Morgan fingerprint density at radius 1 is 1.33 bits per heavy atom. The molecule has 0 aromatic heterocycles. The molecule has 0 atom stereocenters. The largest absolute Gasteiger partial charge is 0.269 e. The van der Waals surface area contributed by atoms with E-state index in [0.717, 1.165) is 0 Å². The van der Waals surface area contributed by atoms with E-state index in [-0.39, 0.29) is 11.3 Å². The Balaban J connectivity index is 3.16. The minimum Gasteiger partial charge on any atom is -0.258 e. The maximum atomic E-state index is 10.5. The molecule has 1 rings (SSSR count). The van der Waals surface area contributed by atoms with Crippen molar-refractivity contribution < 1.29 is 4.92 Å². The first-order chi connectivity index (χ1) is 6.85. The Bertz CT molecular complexity index is 381. The van der Waals surface area contributed by atoms with Gasteiger partial charge in [0.2, 0.25) is 0 Å². The minimum atomic E-state index is -1.56. The molecule has 0 N–H and O–H groups in total. The van der Waals surface area contributed by atoms with Gasteiger partial charge in [0.05, 0.1) is 4.92 Å². The zero-order valence-electron chi connectivity index (χ0n) is 7.16. The number of hydrogen-bond acceptors (Lipinski definition) is 2. The molecule has 0 bridgehead atoms. The van der Waals surface area contributed by atoms with E-state index >= 15 is 0 Å². The second-order valence-electron chi connectivity index (χ2n) is 2.73. The number of nitro benzene ring substituents is 1. The molecule has 7 heteroatoms. The third-order valence-corrected chi connectivity index (χ3v) is 3.69. The van der Waals surface area contributed by atoms with Gasteiger partial charge in [-0.2, -0.15) is 0 Å². The Kier molecular flexibility index (Phi) is 4.06. The van der Waals surface area contributed by atoms with Crippen LogP contribution < -0.4 is 0 Å². The van der Waals surface area contributed by atoms with Gasteiger partial charge in [-0.05, 0) is 5.56 Å². The van der Waals surface area contributed by atoms with Crippen molar-refractivity contribution in [3.63, 3.8) is 0 Å². The van der Waals surface area contributed by atoms with Crippen LogP contribution in [0.2, 0.25) is 0 Å². The molecule has 0 amide bonds. The van der Waals surface area contributed by atoms with E-state index in [2.05, 4.69) is 0 Å². The molecule has 0 aliphatic rings. The number of nitro groups is 1. The summed E-state index contributed by atoms with van der Waals surface area (Å²) >= 11 is 22.8. The lowest BCUT2D eigenvalue weighted by Crippen LogP contribution is -2.19. The lowest BCUT2D eigenvalue weighted by molar-refractivity contribution is -0.384. The number of alkyl halides is 4. The minimum absolute atomic E-state index is 0.118. The molecule has 0 unspecified atom stereocenters. The monoisotopic (exact) mass is 287 g/mol. The van der Waals surface area contributed by atoms with Gasteiger partial charge in [-0.3, -0.25) is 10.1 Å². The second kappa shape index (κ2) is 4.74. The topological polar surface area (TPSA) is 43.1 Å². The molecular formula is C8H5Cl4NO2. The highest BCUT2D eigenvalue weighted by Gasteiger charge is 2.35. The van der Waals surface area contributed by atoms with E-state index in [1.165, 1.54) is 24.3 Å². The first-order valence-corrected chi connectivity index (χ1v) is 5.39. The zero-order chi connectivity index (χ0) is 11.6. The number of rotatable bonds is 3. The van der Waals surface area contributed by atoms with Gasteiger partial charge in [0.15, 0.2) is 4.33 Å². The highest BCUT2D eigenvalue weighted by molar-refractivity contribution is 6.59. The third-order valence-electron chi connectivity index (χ3n) is 1.72. The van der Waals surface area contributed by atoms with Crippen LogP contribution in [-0.4, -0.2) is 9.76 Å². The second-order valence-corrected chi connectivity index (χ2v) is 5.21. The number of hydrogen-bond donors (Lipinski definition) is 0. The maximum absolute atomic E-state index is 10.5. The summed E-state index contributed by atoms with van der Waals surface area (Å²) in [4.78, 5) is 8.87. The van der Waals surface area contributed by atoms with Gasteiger partial charge in [-0.1, -0.05) is 35.3 Å². The van der Waals surface area contributed by atoms with Gasteiger partial charge >= 0.3 is 0 Å². The van der Waals surface area contributed by atoms with Gasteiger partial charge in [-0.15, -0.1) is 23.2 Å². The van der Waals surface area contributed by atoms with Crippen LogP contribution in [0.4, 0.5) is 5.69 Å². The van der Waals surface area contributed by atoms with Crippen LogP contribution in [0.5, 0.6) is 0 Å². The van der Waals surface area contributed by atoms with Gasteiger partial charge in [0.1, 0.15) is 4.84 Å². The fourth-order valence-electron chi connectivity index (χ4n) is 0.953. The molecule has 0 spiro atoms. The molecule has 1 aromatic rings. The van der Waals surface area contributed by atoms with Gasteiger partial charge in [0.25, 0.3) is 5.69 Å². The standard InChI is InChI=1S/C8H5Cl4NO2/c9-7(10)8(11,12)5-2-1-3-6(4-5)13(14)15/h1-4,7H. The van der Waals surface area contributed by atoms with Crippen LogP contribution in [0.15, 0.2) is 24.3 Å². The lowest BCUT2D eigenvalue weighted by Gasteiger charge is -2.20. The highest BCUT2D eigenvalue weighted by atomic mass is 35.5. The molecule has 3 nitrogen and oxygen atoms in total. The normalized spacial score (nSPS) is 11.8. The molecule has 82 valence electrons. The molecule has 0 radical (unpaired) electrons. The third kappa shape index (κ3) is 2.88. The van der Waals surface area contributed by atoms with E-state index in [4.69, 9.17) is 46.4 Å². The number of benzene rings is 1. The molecule has 0 heterocycles. The van der Waals surface area contributed by atoms with E-state index in [0.29, 0.717) is 0 Å². The summed E-state index contributed by atoms with van der Waals surface area (Å²) in [5.74, 6) is 0. The van der Waals surface area contributed by atoms with Crippen LogP contribution in [0.25, 0.3) is 0 Å². The van der Waals surface area contributed by atoms with Gasteiger partial charge in [0, 0.05) is 12.1 Å². The van der Waals surface area contributed by atoms with Gasteiger partial charge < -0.3 is 0 Å². The van der Waals surface area contributed by atoms with Crippen molar-refractivity contribution in [3.05, 3.63) is 39.9 Å².